The van der Waals surface area contributed by atoms with Gasteiger partial charge in [0.25, 0.3) is 0 Å². The Morgan fingerprint density at radius 1 is 1.35 bits per heavy atom. The number of nitrogens with one attached hydrogen (secondary N) is 1. The van der Waals surface area contributed by atoms with Crippen LogP contribution in [0.3, 0.4) is 0 Å². The summed E-state index contributed by atoms with van der Waals surface area (Å²) in [5.74, 6) is 0.570. The van der Waals surface area contributed by atoms with Gasteiger partial charge in [-0.3, -0.25) is 14.9 Å². The number of anilines is 2. The number of hydrogen-bond acceptors (Lipinski definition) is 2. The molecule has 0 saturated carbocycles. The van der Waals surface area contributed by atoms with Crippen LogP contribution in [0.5, 0.6) is 0 Å². The number of carbonyl (C=O) groups is 1. The van der Waals surface area contributed by atoms with Crippen molar-refractivity contribution in [3.05, 3.63) is 41.6 Å². The van der Waals surface area contributed by atoms with Crippen LogP contribution in [0.2, 0.25) is 0 Å². The van der Waals surface area contributed by atoms with Gasteiger partial charge in [0.15, 0.2) is 5.82 Å². The Morgan fingerprint density at radius 3 is 2.65 bits per heavy atom. The molecule has 0 unspecified atom stereocenters. The fourth-order valence-corrected chi connectivity index (χ4v) is 2.04. The maximum absolute atomic E-state index is 12.3. The largest absolute Gasteiger partial charge is 0.327 e. The lowest BCUT2D eigenvalue weighted by Gasteiger charge is -2.21. The Balaban J connectivity index is 2.17. The van der Waals surface area contributed by atoms with E-state index < -0.39 is 0 Å². The quantitative estimate of drug-likeness (QED) is 0.933. The summed E-state index contributed by atoms with van der Waals surface area (Å²) < 4.78 is 1.73. The van der Waals surface area contributed by atoms with Crippen molar-refractivity contribution in [1.82, 2.24) is 9.78 Å². The van der Waals surface area contributed by atoms with Crippen LogP contribution in [0.4, 0.5) is 16.3 Å². The molecule has 20 heavy (non-hydrogen) atoms. The number of carbonyl (C=O) groups excluding carboxylic acids is 1. The predicted octanol–water partition coefficient (Wildman–Crippen LogP) is 3.10. The number of aromatic nitrogens is 2. The monoisotopic (exact) mass is 272 g/mol. The van der Waals surface area contributed by atoms with Crippen LogP contribution in [0, 0.1) is 13.8 Å². The number of rotatable bonds is 3. The Bertz CT molecular complexity index is 599. The van der Waals surface area contributed by atoms with Gasteiger partial charge < -0.3 is 0 Å². The third-order valence-electron chi connectivity index (χ3n) is 3.22. The number of amides is 2. The molecule has 0 aliphatic carbocycles. The molecule has 2 rings (SSSR count). The van der Waals surface area contributed by atoms with E-state index in [4.69, 9.17) is 0 Å². The molecule has 0 aliphatic rings. The van der Waals surface area contributed by atoms with Crippen molar-refractivity contribution in [2.24, 2.45) is 7.05 Å². The smallest absolute Gasteiger partial charge is 0.294 e. The SMILES string of the molecule is CCN(C(=O)Nc1cc(C)n(C)n1)c1cccc(C)c1. The molecule has 1 aromatic carbocycles. The first-order valence-corrected chi connectivity index (χ1v) is 6.67. The number of hydrogen-bond donors (Lipinski definition) is 1. The first kappa shape index (κ1) is 14.1. The minimum Gasteiger partial charge on any atom is -0.294 e. The number of urea groups is 1. The van der Waals surface area contributed by atoms with Gasteiger partial charge in [0.1, 0.15) is 0 Å². The van der Waals surface area contributed by atoms with Crippen molar-refractivity contribution in [3.63, 3.8) is 0 Å². The van der Waals surface area contributed by atoms with E-state index in [1.807, 2.05) is 58.2 Å². The second kappa shape index (κ2) is 5.77. The van der Waals surface area contributed by atoms with Crippen molar-refractivity contribution in [3.8, 4) is 0 Å². The summed E-state index contributed by atoms with van der Waals surface area (Å²) in [5, 5.41) is 7.06. The molecule has 1 heterocycles. The third-order valence-corrected chi connectivity index (χ3v) is 3.22. The van der Waals surface area contributed by atoms with Gasteiger partial charge in [-0.1, -0.05) is 12.1 Å². The van der Waals surface area contributed by atoms with Crippen LogP contribution in [0.1, 0.15) is 18.2 Å². The van der Waals surface area contributed by atoms with Crippen LogP contribution in [0.25, 0.3) is 0 Å². The molecule has 0 aliphatic heterocycles. The van der Waals surface area contributed by atoms with Crippen molar-refractivity contribution >= 4 is 17.5 Å². The van der Waals surface area contributed by atoms with E-state index in [1.165, 1.54) is 0 Å². The average Bonchev–Trinajstić information content (AvgIpc) is 2.69. The van der Waals surface area contributed by atoms with Gasteiger partial charge in [0.2, 0.25) is 0 Å². The third kappa shape index (κ3) is 2.99. The summed E-state index contributed by atoms with van der Waals surface area (Å²) in [6.07, 6.45) is 0. The molecule has 0 atom stereocenters. The second-order valence-corrected chi connectivity index (χ2v) is 4.81. The van der Waals surface area contributed by atoms with Crippen LogP contribution < -0.4 is 10.2 Å². The van der Waals surface area contributed by atoms with E-state index in [0.29, 0.717) is 12.4 Å². The Morgan fingerprint density at radius 2 is 2.10 bits per heavy atom. The average molecular weight is 272 g/mol. The fourth-order valence-electron chi connectivity index (χ4n) is 2.04. The van der Waals surface area contributed by atoms with E-state index in [1.54, 1.807) is 9.58 Å². The van der Waals surface area contributed by atoms with Gasteiger partial charge in [-0.25, -0.2) is 4.79 Å². The molecule has 1 N–H and O–H groups in total. The van der Waals surface area contributed by atoms with Gasteiger partial charge in [-0.05, 0) is 38.5 Å². The highest BCUT2D eigenvalue weighted by molar-refractivity contribution is 6.01. The number of benzene rings is 1. The van der Waals surface area contributed by atoms with Crippen LogP contribution in [-0.2, 0) is 7.05 Å². The Hall–Kier alpha value is -2.30. The molecule has 2 amide bonds. The zero-order chi connectivity index (χ0) is 14.7. The summed E-state index contributed by atoms with van der Waals surface area (Å²) in [6.45, 7) is 6.50. The second-order valence-electron chi connectivity index (χ2n) is 4.81. The molecular weight excluding hydrogens is 252 g/mol. The molecule has 106 valence electrons. The summed E-state index contributed by atoms with van der Waals surface area (Å²) in [4.78, 5) is 14.0. The first-order valence-electron chi connectivity index (χ1n) is 6.67. The molecule has 5 heteroatoms. The molecule has 1 aromatic heterocycles. The summed E-state index contributed by atoms with van der Waals surface area (Å²) in [7, 11) is 1.85. The normalized spacial score (nSPS) is 10.4. The molecule has 0 saturated heterocycles. The topological polar surface area (TPSA) is 50.2 Å². The molecule has 0 bridgehead atoms. The van der Waals surface area contributed by atoms with Crippen LogP contribution in [0.15, 0.2) is 30.3 Å². The minimum absolute atomic E-state index is 0.170. The van der Waals surface area contributed by atoms with E-state index in [2.05, 4.69) is 10.4 Å². The lowest BCUT2D eigenvalue weighted by atomic mass is 10.2. The maximum Gasteiger partial charge on any atom is 0.327 e. The highest BCUT2D eigenvalue weighted by Gasteiger charge is 2.15. The zero-order valence-corrected chi connectivity index (χ0v) is 12.3. The predicted molar refractivity (Wildman–Crippen MR) is 81.2 cm³/mol. The molecule has 0 radical (unpaired) electrons. The van der Waals surface area contributed by atoms with Crippen molar-refractivity contribution in [1.29, 1.82) is 0 Å². The van der Waals surface area contributed by atoms with Crippen LogP contribution in [-0.4, -0.2) is 22.4 Å². The van der Waals surface area contributed by atoms with Gasteiger partial charge >= 0.3 is 6.03 Å². The van der Waals surface area contributed by atoms with Crippen molar-refractivity contribution < 1.29 is 4.79 Å². The lowest BCUT2D eigenvalue weighted by Crippen LogP contribution is -2.34. The van der Waals surface area contributed by atoms with Crippen molar-refractivity contribution in [2.45, 2.75) is 20.8 Å². The van der Waals surface area contributed by atoms with E-state index in [9.17, 15) is 4.79 Å². The molecular formula is C15H20N4O. The van der Waals surface area contributed by atoms with E-state index >= 15 is 0 Å². The Labute approximate surface area is 119 Å². The van der Waals surface area contributed by atoms with Gasteiger partial charge in [-0.15, -0.1) is 0 Å². The molecule has 0 fully saturated rings. The van der Waals surface area contributed by atoms with Gasteiger partial charge in [0, 0.05) is 31.0 Å². The van der Waals surface area contributed by atoms with Crippen LogP contribution >= 0.6 is 0 Å². The molecule has 2 aromatic rings. The van der Waals surface area contributed by atoms with E-state index in [0.717, 1.165) is 16.9 Å². The van der Waals surface area contributed by atoms with Gasteiger partial charge in [0.05, 0.1) is 0 Å². The fraction of sp³-hybridized carbons (Fsp3) is 0.333. The number of nitrogens with zero attached hydrogens (tertiary/aromatic N) is 3. The summed E-state index contributed by atoms with van der Waals surface area (Å²) >= 11 is 0. The highest BCUT2D eigenvalue weighted by atomic mass is 16.2. The van der Waals surface area contributed by atoms with Gasteiger partial charge in [-0.2, -0.15) is 5.10 Å². The highest BCUT2D eigenvalue weighted by Crippen LogP contribution is 2.17. The standard InChI is InChI=1S/C15H20N4O/c1-5-19(13-8-6-7-11(2)9-13)15(20)16-14-10-12(3)18(4)17-14/h6-10H,5H2,1-4H3,(H,16,17,20). The minimum atomic E-state index is -0.170. The first-order chi connectivity index (χ1) is 9.51. The molecule has 0 spiro atoms. The Kier molecular flexibility index (Phi) is 4.08. The number of aryl methyl sites for hydroxylation is 3. The summed E-state index contributed by atoms with van der Waals surface area (Å²) in [6, 6.07) is 9.56. The van der Waals surface area contributed by atoms with Crippen molar-refractivity contribution in [2.75, 3.05) is 16.8 Å². The summed E-state index contributed by atoms with van der Waals surface area (Å²) in [5.41, 5.74) is 3.01. The molecule has 5 nitrogen and oxygen atoms in total. The van der Waals surface area contributed by atoms with E-state index in [-0.39, 0.29) is 6.03 Å². The zero-order valence-electron chi connectivity index (χ0n) is 12.3. The lowest BCUT2D eigenvalue weighted by molar-refractivity contribution is 0.257. The maximum atomic E-state index is 12.3.